The van der Waals surface area contributed by atoms with Crippen LogP contribution >= 0.6 is 0 Å². The minimum absolute atomic E-state index is 0.185. The van der Waals surface area contributed by atoms with Gasteiger partial charge < -0.3 is 5.73 Å². The highest BCUT2D eigenvalue weighted by Crippen LogP contribution is 2.15. The molecule has 0 aliphatic carbocycles. The topological polar surface area (TPSA) is 115 Å². The Balaban J connectivity index is 2.19. The summed E-state index contributed by atoms with van der Waals surface area (Å²) in [7, 11) is -3.43. The number of nitrogens with two attached hydrogens (primary N) is 1. The number of nitrogens with zero attached hydrogens (tertiary/aromatic N) is 3. The van der Waals surface area contributed by atoms with Gasteiger partial charge in [0.25, 0.3) is 0 Å². The van der Waals surface area contributed by atoms with Crippen LogP contribution in [0.5, 0.6) is 0 Å². The second-order valence-electron chi connectivity index (χ2n) is 3.47. The number of aromatic nitrogens is 4. The molecule has 90 valence electrons. The van der Waals surface area contributed by atoms with Gasteiger partial charge in [0.1, 0.15) is 0 Å². The van der Waals surface area contributed by atoms with Crippen molar-refractivity contribution in [2.24, 2.45) is 5.73 Å². The maximum atomic E-state index is 12.0. The first-order valence-corrected chi connectivity index (χ1v) is 6.51. The van der Waals surface area contributed by atoms with E-state index in [9.17, 15) is 8.42 Å². The molecule has 0 aliphatic rings. The van der Waals surface area contributed by atoms with Gasteiger partial charge in [0, 0.05) is 0 Å². The van der Waals surface area contributed by atoms with Crippen molar-refractivity contribution in [1.82, 2.24) is 20.6 Å². The van der Waals surface area contributed by atoms with E-state index in [1.807, 2.05) is 0 Å². The number of hydrogen-bond donors (Lipinski definition) is 2. The highest BCUT2D eigenvalue weighted by molar-refractivity contribution is 7.91. The lowest BCUT2D eigenvalue weighted by molar-refractivity contribution is 0.586. The van der Waals surface area contributed by atoms with Crippen molar-refractivity contribution >= 4 is 9.84 Å². The van der Waals surface area contributed by atoms with Gasteiger partial charge in [0.2, 0.25) is 0 Å². The van der Waals surface area contributed by atoms with Gasteiger partial charge in [-0.1, -0.05) is 23.4 Å². The smallest absolute Gasteiger partial charge is 0.192 e. The number of H-pyrrole nitrogens is 1. The van der Waals surface area contributed by atoms with Crippen LogP contribution in [0.25, 0.3) is 0 Å². The van der Waals surface area contributed by atoms with Crippen molar-refractivity contribution in [3.63, 3.8) is 0 Å². The molecule has 3 N–H and O–H groups in total. The summed E-state index contributed by atoms with van der Waals surface area (Å²) in [6.07, 6.45) is 0. The third kappa shape index (κ3) is 2.66. The van der Waals surface area contributed by atoms with E-state index in [0.717, 1.165) is 0 Å². The molecule has 17 heavy (non-hydrogen) atoms. The van der Waals surface area contributed by atoms with Crippen LogP contribution in [0, 0.1) is 0 Å². The van der Waals surface area contributed by atoms with Crippen molar-refractivity contribution in [2.45, 2.75) is 10.9 Å². The molecule has 1 aromatic carbocycles. The zero-order chi connectivity index (χ0) is 12.3. The van der Waals surface area contributed by atoms with Crippen molar-refractivity contribution in [1.29, 1.82) is 0 Å². The molecule has 0 bridgehead atoms. The Labute approximate surface area is 98.0 Å². The van der Waals surface area contributed by atoms with Gasteiger partial charge in [-0.05, 0) is 12.1 Å². The third-order valence-electron chi connectivity index (χ3n) is 2.19. The van der Waals surface area contributed by atoms with Crippen LogP contribution in [-0.2, 0) is 9.84 Å². The Bertz CT molecular complexity index is 567. The number of sulfone groups is 1. The quantitative estimate of drug-likeness (QED) is 0.771. The first-order chi connectivity index (χ1) is 8.09. The Morgan fingerprint density at radius 1 is 1.29 bits per heavy atom. The molecule has 0 aliphatic heterocycles. The highest BCUT2D eigenvalue weighted by atomic mass is 32.2. The largest absolute Gasteiger partial charge is 0.320 e. The van der Waals surface area contributed by atoms with Crippen LogP contribution in [-0.4, -0.2) is 34.8 Å². The predicted molar refractivity (Wildman–Crippen MR) is 59.6 cm³/mol. The number of rotatable bonds is 4. The first kappa shape index (κ1) is 11.7. The van der Waals surface area contributed by atoms with E-state index in [1.165, 1.54) is 12.1 Å². The molecule has 1 heterocycles. The summed E-state index contributed by atoms with van der Waals surface area (Å²) in [5.74, 6) is -0.0687. The molecule has 0 saturated carbocycles. The summed E-state index contributed by atoms with van der Waals surface area (Å²) >= 11 is 0. The number of benzene rings is 1. The van der Waals surface area contributed by atoms with Gasteiger partial charge >= 0.3 is 0 Å². The van der Waals surface area contributed by atoms with Gasteiger partial charge in [-0.25, -0.2) is 8.42 Å². The molecule has 1 atom stereocenters. The second-order valence-corrected chi connectivity index (χ2v) is 5.51. The zero-order valence-corrected chi connectivity index (χ0v) is 9.63. The van der Waals surface area contributed by atoms with Crippen molar-refractivity contribution in [3.05, 3.63) is 36.2 Å². The molecule has 7 nitrogen and oxygen atoms in total. The molecule has 0 spiro atoms. The molecule has 1 unspecified atom stereocenters. The normalized spacial score (nSPS) is 13.5. The van der Waals surface area contributed by atoms with Crippen molar-refractivity contribution in [2.75, 3.05) is 5.75 Å². The Morgan fingerprint density at radius 2 is 2.00 bits per heavy atom. The summed E-state index contributed by atoms with van der Waals surface area (Å²) in [5, 5.41) is 12.9. The molecular weight excluding hydrogens is 242 g/mol. The van der Waals surface area contributed by atoms with Gasteiger partial charge in [-0.2, -0.15) is 5.21 Å². The van der Waals surface area contributed by atoms with E-state index in [1.54, 1.807) is 18.2 Å². The van der Waals surface area contributed by atoms with Crippen LogP contribution in [0.3, 0.4) is 0 Å². The Morgan fingerprint density at radius 3 is 2.59 bits per heavy atom. The monoisotopic (exact) mass is 253 g/mol. The summed E-state index contributed by atoms with van der Waals surface area (Å²) in [4.78, 5) is 0.235. The first-order valence-electron chi connectivity index (χ1n) is 4.86. The number of tetrazole rings is 1. The fourth-order valence-electron chi connectivity index (χ4n) is 1.36. The molecule has 0 saturated heterocycles. The SMILES string of the molecule is NC(CS(=O)(=O)c1ccccc1)c1nn[nH]n1. The van der Waals surface area contributed by atoms with Gasteiger partial charge in [0.05, 0.1) is 16.7 Å². The lowest BCUT2D eigenvalue weighted by Gasteiger charge is -2.08. The average molecular weight is 253 g/mol. The third-order valence-corrected chi connectivity index (χ3v) is 3.98. The molecular formula is C9H11N5O2S. The van der Waals surface area contributed by atoms with E-state index >= 15 is 0 Å². The summed E-state index contributed by atoms with van der Waals surface area (Å²) in [5.41, 5.74) is 5.70. The number of aromatic amines is 1. The van der Waals surface area contributed by atoms with Gasteiger partial charge in [-0.15, -0.1) is 10.2 Å². The lowest BCUT2D eigenvalue weighted by atomic mass is 10.3. The zero-order valence-electron chi connectivity index (χ0n) is 8.81. The Kier molecular flexibility index (Phi) is 3.16. The minimum atomic E-state index is -3.43. The maximum absolute atomic E-state index is 12.0. The maximum Gasteiger partial charge on any atom is 0.192 e. The summed E-state index contributed by atoms with van der Waals surface area (Å²) in [6, 6.07) is 7.33. The molecule has 2 aromatic rings. The average Bonchev–Trinajstić information content (AvgIpc) is 2.83. The van der Waals surface area contributed by atoms with Gasteiger partial charge in [-0.3, -0.25) is 0 Å². The molecule has 0 amide bonds. The molecule has 1 aromatic heterocycles. The van der Waals surface area contributed by atoms with Crippen LogP contribution in [0.4, 0.5) is 0 Å². The van der Waals surface area contributed by atoms with Crippen molar-refractivity contribution < 1.29 is 8.42 Å². The highest BCUT2D eigenvalue weighted by Gasteiger charge is 2.22. The second kappa shape index (κ2) is 4.60. The minimum Gasteiger partial charge on any atom is -0.320 e. The van der Waals surface area contributed by atoms with E-state index < -0.39 is 15.9 Å². The standard InChI is InChI=1S/C9H11N5O2S/c10-8(9-11-13-14-12-9)6-17(15,16)7-4-2-1-3-5-7/h1-5,8H,6,10H2,(H,11,12,13,14). The fraction of sp³-hybridized carbons (Fsp3) is 0.222. The van der Waals surface area contributed by atoms with E-state index in [4.69, 9.17) is 5.73 Å². The van der Waals surface area contributed by atoms with E-state index in [2.05, 4.69) is 20.6 Å². The lowest BCUT2D eigenvalue weighted by Crippen LogP contribution is -2.23. The number of nitrogens with one attached hydrogen (secondary N) is 1. The summed E-state index contributed by atoms with van der Waals surface area (Å²) in [6.45, 7) is 0. The number of hydrogen-bond acceptors (Lipinski definition) is 6. The van der Waals surface area contributed by atoms with Crippen molar-refractivity contribution in [3.8, 4) is 0 Å². The predicted octanol–water partition coefficient (Wildman–Crippen LogP) is -0.327. The summed E-state index contributed by atoms with van der Waals surface area (Å²) < 4.78 is 23.9. The van der Waals surface area contributed by atoms with Crippen LogP contribution in [0.1, 0.15) is 11.9 Å². The molecule has 2 rings (SSSR count). The van der Waals surface area contributed by atoms with Gasteiger partial charge in [0.15, 0.2) is 15.7 Å². The molecule has 0 fully saturated rings. The van der Waals surface area contributed by atoms with E-state index in [0.29, 0.717) is 0 Å². The van der Waals surface area contributed by atoms with Crippen LogP contribution < -0.4 is 5.73 Å². The van der Waals surface area contributed by atoms with Crippen LogP contribution in [0.15, 0.2) is 35.2 Å². The molecule has 8 heteroatoms. The molecule has 0 radical (unpaired) electrons. The van der Waals surface area contributed by atoms with Crippen LogP contribution in [0.2, 0.25) is 0 Å². The Hall–Kier alpha value is -1.80. The fourth-order valence-corrected chi connectivity index (χ4v) is 2.75. The van der Waals surface area contributed by atoms with E-state index in [-0.39, 0.29) is 16.5 Å².